The van der Waals surface area contributed by atoms with Crippen molar-refractivity contribution in [2.45, 2.75) is 13.1 Å². The van der Waals surface area contributed by atoms with Crippen LogP contribution in [-0.2, 0) is 13.1 Å². The topological polar surface area (TPSA) is 54.2 Å². The Bertz CT molecular complexity index is 497. The number of hydrogen-bond acceptors (Lipinski definition) is 5. The van der Waals surface area contributed by atoms with Gasteiger partial charge in [-0.2, -0.15) is 0 Å². The summed E-state index contributed by atoms with van der Waals surface area (Å²) in [5, 5.41) is 10.9. The Hall–Kier alpha value is -1.40. The average molecular weight is 311 g/mol. The molecule has 0 saturated carbocycles. The van der Waals surface area contributed by atoms with Gasteiger partial charge in [0.25, 0.3) is 0 Å². The summed E-state index contributed by atoms with van der Waals surface area (Å²) in [6, 6.07) is 8.69. The zero-order valence-corrected chi connectivity index (χ0v) is 11.9. The normalized spacial score (nSPS) is 10.6. The molecule has 0 unspecified atom stereocenters. The molecular formula is C12H15BrN4O. The second-order valence-electron chi connectivity index (χ2n) is 3.99. The fourth-order valence-electron chi connectivity index (χ4n) is 1.55. The van der Waals surface area contributed by atoms with Gasteiger partial charge in [-0.05, 0) is 24.7 Å². The monoisotopic (exact) mass is 310 g/mol. The third-order valence-corrected chi connectivity index (χ3v) is 2.97. The Morgan fingerprint density at radius 2 is 2.00 bits per heavy atom. The van der Waals surface area contributed by atoms with Crippen molar-refractivity contribution in [1.82, 2.24) is 15.5 Å². The molecule has 2 aromatic rings. The summed E-state index contributed by atoms with van der Waals surface area (Å²) < 4.78 is 6.59. The van der Waals surface area contributed by atoms with Gasteiger partial charge in [-0.15, -0.1) is 5.10 Å². The first-order chi connectivity index (χ1) is 8.69. The van der Waals surface area contributed by atoms with E-state index in [2.05, 4.69) is 43.6 Å². The van der Waals surface area contributed by atoms with Crippen molar-refractivity contribution in [1.29, 1.82) is 0 Å². The van der Waals surface area contributed by atoms with Gasteiger partial charge in [0, 0.05) is 18.1 Å². The number of aromatic nitrogens is 2. The molecule has 0 fully saturated rings. The van der Waals surface area contributed by atoms with Crippen molar-refractivity contribution >= 4 is 21.9 Å². The quantitative estimate of drug-likeness (QED) is 0.917. The van der Waals surface area contributed by atoms with Gasteiger partial charge in [0.2, 0.25) is 5.89 Å². The van der Waals surface area contributed by atoms with Gasteiger partial charge in [-0.25, -0.2) is 0 Å². The largest absolute Gasteiger partial charge is 0.407 e. The van der Waals surface area contributed by atoms with E-state index in [1.54, 1.807) is 0 Å². The Kier molecular flexibility index (Phi) is 4.33. The van der Waals surface area contributed by atoms with Crippen LogP contribution in [0.5, 0.6) is 0 Å². The predicted molar refractivity (Wildman–Crippen MR) is 73.3 cm³/mol. The van der Waals surface area contributed by atoms with Crippen molar-refractivity contribution < 1.29 is 4.42 Å². The highest BCUT2D eigenvalue weighted by atomic mass is 79.9. The lowest BCUT2D eigenvalue weighted by atomic mass is 10.2. The Morgan fingerprint density at radius 1 is 1.28 bits per heavy atom. The Morgan fingerprint density at radius 3 is 2.67 bits per heavy atom. The van der Waals surface area contributed by atoms with E-state index in [1.165, 1.54) is 5.56 Å². The standard InChI is InChI=1S/C12H15BrN4O/c1-14-7-11-15-16-12(18-11)17(2)8-9-3-5-10(13)6-4-9/h3-6,14H,7-8H2,1-2H3. The first-order valence-electron chi connectivity index (χ1n) is 5.61. The van der Waals surface area contributed by atoms with Crippen molar-refractivity contribution in [2.24, 2.45) is 0 Å². The molecule has 0 aliphatic heterocycles. The summed E-state index contributed by atoms with van der Waals surface area (Å²) in [5.41, 5.74) is 1.19. The van der Waals surface area contributed by atoms with E-state index in [1.807, 2.05) is 31.1 Å². The van der Waals surface area contributed by atoms with Gasteiger partial charge in [-0.1, -0.05) is 33.2 Å². The minimum Gasteiger partial charge on any atom is -0.407 e. The lowest BCUT2D eigenvalue weighted by Gasteiger charge is -2.13. The van der Waals surface area contributed by atoms with Crippen LogP contribution in [0.4, 0.5) is 6.01 Å². The fourth-order valence-corrected chi connectivity index (χ4v) is 1.82. The molecule has 0 atom stereocenters. The molecule has 96 valence electrons. The van der Waals surface area contributed by atoms with Crippen molar-refractivity contribution in [3.8, 4) is 0 Å². The number of nitrogens with one attached hydrogen (secondary N) is 1. The number of benzene rings is 1. The van der Waals surface area contributed by atoms with Gasteiger partial charge in [0.1, 0.15) is 0 Å². The van der Waals surface area contributed by atoms with Gasteiger partial charge in [0.15, 0.2) is 0 Å². The van der Waals surface area contributed by atoms with Crippen LogP contribution in [0.15, 0.2) is 33.2 Å². The minimum absolute atomic E-state index is 0.531. The van der Waals surface area contributed by atoms with Crippen LogP contribution < -0.4 is 10.2 Å². The summed E-state index contributed by atoms with van der Waals surface area (Å²) in [5.74, 6) is 0.593. The van der Waals surface area contributed by atoms with E-state index < -0.39 is 0 Å². The third-order valence-electron chi connectivity index (χ3n) is 2.44. The number of nitrogens with zero attached hydrogens (tertiary/aromatic N) is 3. The van der Waals surface area contributed by atoms with Gasteiger partial charge in [-0.3, -0.25) is 0 Å². The number of hydrogen-bond donors (Lipinski definition) is 1. The summed E-state index contributed by atoms with van der Waals surface area (Å²) in [7, 11) is 3.77. The first-order valence-corrected chi connectivity index (χ1v) is 6.41. The molecule has 18 heavy (non-hydrogen) atoms. The Labute approximate surface area is 114 Å². The van der Waals surface area contributed by atoms with Gasteiger partial charge in [0.05, 0.1) is 6.54 Å². The molecule has 2 rings (SSSR count). The van der Waals surface area contributed by atoms with Crippen molar-refractivity contribution in [3.63, 3.8) is 0 Å². The van der Waals surface area contributed by atoms with E-state index in [4.69, 9.17) is 4.42 Å². The molecule has 0 spiro atoms. The molecule has 1 N–H and O–H groups in total. The molecule has 6 heteroatoms. The molecule has 0 amide bonds. The molecule has 0 aliphatic carbocycles. The Balaban J connectivity index is 2.02. The number of halogens is 1. The van der Waals surface area contributed by atoms with Crippen LogP contribution >= 0.6 is 15.9 Å². The van der Waals surface area contributed by atoms with Crippen LogP contribution in [0.25, 0.3) is 0 Å². The zero-order valence-electron chi connectivity index (χ0n) is 10.4. The van der Waals surface area contributed by atoms with E-state index in [0.29, 0.717) is 18.5 Å². The summed E-state index contributed by atoms with van der Waals surface area (Å²) in [4.78, 5) is 1.93. The summed E-state index contributed by atoms with van der Waals surface area (Å²) >= 11 is 3.42. The molecule has 5 nitrogen and oxygen atoms in total. The molecule has 0 bridgehead atoms. The predicted octanol–water partition coefficient (Wildman–Crippen LogP) is 2.19. The molecular weight excluding hydrogens is 296 g/mol. The smallest absolute Gasteiger partial charge is 0.318 e. The van der Waals surface area contributed by atoms with Crippen LogP contribution in [-0.4, -0.2) is 24.3 Å². The van der Waals surface area contributed by atoms with Crippen LogP contribution in [0.2, 0.25) is 0 Å². The van der Waals surface area contributed by atoms with Crippen LogP contribution in [0.3, 0.4) is 0 Å². The lowest BCUT2D eigenvalue weighted by molar-refractivity contribution is 0.475. The minimum atomic E-state index is 0.531. The molecule has 0 radical (unpaired) electrons. The van der Waals surface area contributed by atoms with Gasteiger partial charge < -0.3 is 14.6 Å². The van der Waals surface area contributed by atoms with Crippen molar-refractivity contribution in [3.05, 3.63) is 40.2 Å². The van der Waals surface area contributed by atoms with Gasteiger partial charge >= 0.3 is 6.01 Å². The van der Waals surface area contributed by atoms with E-state index in [9.17, 15) is 0 Å². The molecule has 1 heterocycles. The highest BCUT2D eigenvalue weighted by molar-refractivity contribution is 9.10. The highest BCUT2D eigenvalue weighted by Crippen LogP contribution is 2.16. The zero-order chi connectivity index (χ0) is 13.0. The summed E-state index contributed by atoms with van der Waals surface area (Å²) in [6.45, 7) is 1.31. The maximum atomic E-state index is 5.51. The number of anilines is 1. The maximum absolute atomic E-state index is 5.51. The first kappa shape index (κ1) is 13.0. The van der Waals surface area contributed by atoms with Crippen LogP contribution in [0.1, 0.15) is 11.5 Å². The SMILES string of the molecule is CNCc1nnc(N(C)Cc2ccc(Br)cc2)o1. The maximum Gasteiger partial charge on any atom is 0.318 e. The fraction of sp³-hybridized carbons (Fsp3) is 0.333. The highest BCUT2D eigenvalue weighted by Gasteiger charge is 2.10. The van der Waals surface area contributed by atoms with E-state index >= 15 is 0 Å². The summed E-state index contributed by atoms with van der Waals surface area (Å²) in [6.07, 6.45) is 0. The van der Waals surface area contributed by atoms with Crippen LogP contribution in [0, 0.1) is 0 Å². The number of rotatable bonds is 5. The average Bonchev–Trinajstić information content (AvgIpc) is 2.81. The molecule has 1 aromatic heterocycles. The lowest BCUT2D eigenvalue weighted by Crippen LogP contribution is -2.16. The second kappa shape index (κ2) is 5.97. The third kappa shape index (κ3) is 3.30. The molecule has 0 aliphatic rings. The van der Waals surface area contributed by atoms with Crippen molar-refractivity contribution in [2.75, 3.05) is 19.0 Å². The second-order valence-corrected chi connectivity index (χ2v) is 4.91. The molecule has 1 aromatic carbocycles. The molecule has 0 saturated heterocycles. The van der Waals surface area contributed by atoms with E-state index in [0.717, 1.165) is 11.0 Å². The van der Waals surface area contributed by atoms with E-state index in [-0.39, 0.29) is 0 Å².